The van der Waals surface area contributed by atoms with E-state index in [-0.39, 0.29) is 6.03 Å². The Labute approximate surface area is 199 Å². The van der Waals surface area contributed by atoms with Crippen LogP contribution in [-0.4, -0.2) is 53.6 Å². The molecule has 1 N–H and O–H groups in total. The third kappa shape index (κ3) is 5.67. The first-order valence-corrected chi connectivity index (χ1v) is 11.5. The fourth-order valence-corrected chi connectivity index (χ4v) is 3.93. The predicted molar refractivity (Wildman–Crippen MR) is 130 cm³/mol. The number of halogens is 1. The number of rotatable bonds is 6. The third-order valence-corrected chi connectivity index (χ3v) is 6.17. The van der Waals surface area contributed by atoms with Gasteiger partial charge in [0.05, 0.1) is 12.3 Å². The topological polar surface area (TPSA) is 70.8 Å². The van der Waals surface area contributed by atoms with Gasteiger partial charge in [0, 0.05) is 49.0 Å². The monoisotopic (exact) mass is 468 g/mol. The number of hydrogen-bond donors (Lipinski definition) is 1. The molecule has 3 aromatic rings. The van der Waals surface area contributed by atoms with Gasteiger partial charge < -0.3 is 19.4 Å². The molecular weight excluding hydrogens is 440 g/mol. The summed E-state index contributed by atoms with van der Waals surface area (Å²) in [5.41, 5.74) is 3.53. The second-order valence-corrected chi connectivity index (χ2v) is 8.54. The van der Waals surface area contributed by atoms with E-state index < -0.39 is 0 Å². The summed E-state index contributed by atoms with van der Waals surface area (Å²) < 4.78 is 11.4. The van der Waals surface area contributed by atoms with Crippen molar-refractivity contribution >= 4 is 23.3 Å². The minimum Gasteiger partial charge on any atom is -0.494 e. The summed E-state index contributed by atoms with van der Waals surface area (Å²) in [5.74, 6) is 2.26. The zero-order valence-electron chi connectivity index (χ0n) is 19.2. The standard InChI is InChI=1S/C25H29ClN4O3/c1-4-32-21-9-6-19(7-10-21)24-28-23(18(3)33-24)16-29-11-13-30(14-12-29)25(31)27-20-8-5-17(2)22(26)15-20/h5-10,15H,4,11-14,16H2,1-3H3,(H,27,31). The van der Waals surface area contributed by atoms with E-state index in [9.17, 15) is 4.79 Å². The highest BCUT2D eigenvalue weighted by molar-refractivity contribution is 6.31. The van der Waals surface area contributed by atoms with E-state index in [0.29, 0.717) is 42.8 Å². The average molecular weight is 469 g/mol. The largest absolute Gasteiger partial charge is 0.494 e. The number of aromatic nitrogens is 1. The summed E-state index contributed by atoms with van der Waals surface area (Å²) in [6, 6.07) is 13.2. The lowest BCUT2D eigenvalue weighted by molar-refractivity contribution is 0.141. The van der Waals surface area contributed by atoms with Gasteiger partial charge in [-0.3, -0.25) is 4.90 Å². The van der Waals surface area contributed by atoms with Crippen LogP contribution in [0.5, 0.6) is 5.75 Å². The molecule has 1 aliphatic heterocycles. The Hall–Kier alpha value is -3.03. The van der Waals surface area contributed by atoms with Crippen LogP contribution in [0.1, 0.15) is 23.9 Å². The second kappa shape index (κ2) is 10.3. The van der Waals surface area contributed by atoms with Gasteiger partial charge >= 0.3 is 6.03 Å². The average Bonchev–Trinajstić information content (AvgIpc) is 3.17. The first-order valence-electron chi connectivity index (χ1n) is 11.2. The summed E-state index contributed by atoms with van der Waals surface area (Å²) in [5, 5.41) is 3.58. The number of hydrogen-bond acceptors (Lipinski definition) is 5. The highest BCUT2D eigenvalue weighted by Crippen LogP contribution is 2.25. The summed E-state index contributed by atoms with van der Waals surface area (Å²) >= 11 is 6.16. The zero-order chi connectivity index (χ0) is 23.4. The number of aryl methyl sites for hydroxylation is 2. The van der Waals surface area contributed by atoms with Gasteiger partial charge in [-0.2, -0.15) is 0 Å². The van der Waals surface area contributed by atoms with Crippen LogP contribution in [0.25, 0.3) is 11.5 Å². The molecule has 0 saturated carbocycles. The molecule has 1 aliphatic rings. The number of nitrogens with one attached hydrogen (secondary N) is 1. The van der Waals surface area contributed by atoms with Gasteiger partial charge in [-0.15, -0.1) is 0 Å². The zero-order valence-corrected chi connectivity index (χ0v) is 20.0. The number of carbonyl (C=O) groups excluding carboxylic acids is 1. The molecule has 1 fully saturated rings. The Balaban J connectivity index is 1.31. The molecule has 0 atom stereocenters. The van der Waals surface area contributed by atoms with E-state index in [2.05, 4.69) is 10.2 Å². The van der Waals surface area contributed by atoms with Crippen molar-refractivity contribution < 1.29 is 13.9 Å². The number of urea groups is 1. The minimum atomic E-state index is -0.107. The Morgan fingerprint density at radius 3 is 2.52 bits per heavy atom. The minimum absolute atomic E-state index is 0.107. The van der Waals surface area contributed by atoms with Crippen molar-refractivity contribution in [2.24, 2.45) is 0 Å². The van der Waals surface area contributed by atoms with Crippen LogP contribution < -0.4 is 10.1 Å². The molecule has 0 aliphatic carbocycles. The number of anilines is 1. The number of carbonyl (C=O) groups is 1. The molecule has 4 rings (SSSR count). The van der Waals surface area contributed by atoms with E-state index in [4.69, 9.17) is 25.7 Å². The fourth-order valence-electron chi connectivity index (χ4n) is 3.75. The van der Waals surface area contributed by atoms with Gasteiger partial charge in [-0.05, 0) is 62.7 Å². The van der Waals surface area contributed by atoms with Crippen molar-refractivity contribution in [1.82, 2.24) is 14.8 Å². The van der Waals surface area contributed by atoms with E-state index in [1.165, 1.54) is 0 Å². The van der Waals surface area contributed by atoms with Crippen LogP contribution in [0.2, 0.25) is 5.02 Å². The Morgan fingerprint density at radius 1 is 1.12 bits per heavy atom. The predicted octanol–water partition coefficient (Wildman–Crippen LogP) is 5.36. The van der Waals surface area contributed by atoms with E-state index in [0.717, 1.165) is 41.4 Å². The maximum absolute atomic E-state index is 12.6. The normalized spacial score (nSPS) is 14.4. The SMILES string of the molecule is CCOc1ccc(-c2nc(CN3CCN(C(=O)Nc4ccc(C)c(Cl)c4)CC3)c(C)o2)cc1. The highest BCUT2D eigenvalue weighted by Gasteiger charge is 2.23. The lowest BCUT2D eigenvalue weighted by atomic mass is 10.2. The third-order valence-electron chi connectivity index (χ3n) is 5.76. The summed E-state index contributed by atoms with van der Waals surface area (Å²) in [6.45, 7) is 10.00. The molecule has 8 heteroatoms. The van der Waals surface area contributed by atoms with Crippen LogP contribution in [0, 0.1) is 13.8 Å². The molecule has 0 unspecified atom stereocenters. The van der Waals surface area contributed by atoms with Gasteiger partial charge in [-0.1, -0.05) is 17.7 Å². The van der Waals surface area contributed by atoms with Crippen LogP contribution in [-0.2, 0) is 6.54 Å². The molecule has 0 radical (unpaired) electrons. The van der Waals surface area contributed by atoms with E-state index >= 15 is 0 Å². The molecule has 2 heterocycles. The van der Waals surface area contributed by atoms with Gasteiger partial charge in [0.1, 0.15) is 11.5 Å². The molecule has 1 aromatic heterocycles. The van der Waals surface area contributed by atoms with Crippen molar-refractivity contribution in [2.75, 3.05) is 38.1 Å². The highest BCUT2D eigenvalue weighted by atomic mass is 35.5. The lowest BCUT2D eigenvalue weighted by Gasteiger charge is -2.34. The van der Waals surface area contributed by atoms with Gasteiger partial charge in [0.15, 0.2) is 0 Å². The number of amides is 2. The van der Waals surface area contributed by atoms with Crippen molar-refractivity contribution in [3.8, 4) is 17.2 Å². The molecule has 0 bridgehead atoms. The van der Waals surface area contributed by atoms with Gasteiger partial charge in [0.25, 0.3) is 0 Å². The molecule has 1 saturated heterocycles. The maximum Gasteiger partial charge on any atom is 0.321 e. The smallest absolute Gasteiger partial charge is 0.321 e. The Bertz CT molecular complexity index is 1110. The fraction of sp³-hybridized carbons (Fsp3) is 0.360. The molecule has 174 valence electrons. The molecule has 0 spiro atoms. The number of oxazole rings is 1. The first-order chi connectivity index (χ1) is 15.9. The number of piperazine rings is 1. The van der Waals surface area contributed by atoms with Crippen molar-refractivity contribution in [3.05, 3.63) is 64.5 Å². The lowest BCUT2D eigenvalue weighted by Crippen LogP contribution is -2.49. The second-order valence-electron chi connectivity index (χ2n) is 8.14. The van der Waals surface area contributed by atoms with E-state index in [1.54, 1.807) is 6.07 Å². The van der Waals surface area contributed by atoms with Gasteiger partial charge in [-0.25, -0.2) is 9.78 Å². The number of benzene rings is 2. The van der Waals surface area contributed by atoms with Gasteiger partial charge in [0.2, 0.25) is 5.89 Å². The van der Waals surface area contributed by atoms with Crippen molar-refractivity contribution in [1.29, 1.82) is 0 Å². The maximum atomic E-state index is 12.6. The number of nitrogens with zero attached hydrogens (tertiary/aromatic N) is 3. The van der Waals surface area contributed by atoms with Crippen LogP contribution in [0.3, 0.4) is 0 Å². The van der Waals surface area contributed by atoms with Crippen LogP contribution in [0.4, 0.5) is 10.5 Å². The molecule has 2 amide bonds. The Kier molecular flexibility index (Phi) is 7.20. The summed E-state index contributed by atoms with van der Waals surface area (Å²) in [4.78, 5) is 21.5. The first kappa shape index (κ1) is 23.1. The molecule has 7 nitrogen and oxygen atoms in total. The van der Waals surface area contributed by atoms with E-state index in [1.807, 2.05) is 62.1 Å². The van der Waals surface area contributed by atoms with Crippen molar-refractivity contribution in [3.63, 3.8) is 0 Å². The van der Waals surface area contributed by atoms with Crippen molar-refractivity contribution in [2.45, 2.75) is 27.3 Å². The number of ether oxygens (including phenoxy) is 1. The molecule has 33 heavy (non-hydrogen) atoms. The Morgan fingerprint density at radius 2 is 1.85 bits per heavy atom. The summed E-state index contributed by atoms with van der Waals surface area (Å²) in [7, 11) is 0. The molecule has 2 aromatic carbocycles. The van der Waals surface area contributed by atoms with Crippen LogP contribution >= 0.6 is 11.6 Å². The molecular formula is C25H29ClN4O3. The summed E-state index contributed by atoms with van der Waals surface area (Å²) in [6.07, 6.45) is 0. The quantitative estimate of drug-likeness (QED) is 0.527. The van der Waals surface area contributed by atoms with Crippen LogP contribution in [0.15, 0.2) is 46.9 Å².